The lowest BCUT2D eigenvalue weighted by Gasteiger charge is -2.07. The van der Waals surface area contributed by atoms with Crippen molar-refractivity contribution in [2.24, 2.45) is 7.05 Å². The number of nitrogens with two attached hydrogens (primary N) is 1. The Bertz CT molecular complexity index is 621. The smallest absolute Gasteiger partial charge is 0.274 e. The summed E-state index contributed by atoms with van der Waals surface area (Å²) in [5.41, 5.74) is 7.19. The first-order valence-corrected chi connectivity index (χ1v) is 5.90. The molecule has 3 N–H and O–H groups in total. The van der Waals surface area contributed by atoms with E-state index in [1.165, 1.54) is 22.9 Å². The highest BCUT2D eigenvalue weighted by Crippen LogP contribution is 2.18. The van der Waals surface area contributed by atoms with E-state index in [-0.39, 0.29) is 5.69 Å². The SMILES string of the molecule is CCc1cc(C(=O)Nc2cc(N)ccc2F)n(C)n1. The standard InChI is InChI=1S/C13H15FN4O/c1-3-9-7-12(18(2)17-9)13(19)16-11-6-8(15)4-5-10(11)14/h4-7H,3,15H2,1-2H3,(H,16,19). The Morgan fingerprint density at radius 3 is 2.84 bits per heavy atom. The molecule has 0 bridgehead atoms. The Morgan fingerprint density at radius 1 is 1.47 bits per heavy atom. The van der Waals surface area contributed by atoms with Crippen LogP contribution in [-0.2, 0) is 13.5 Å². The van der Waals surface area contributed by atoms with Crippen molar-refractivity contribution in [3.05, 3.63) is 41.5 Å². The molecule has 0 atom stereocenters. The van der Waals surface area contributed by atoms with Crippen molar-refractivity contribution < 1.29 is 9.18 Å². The van der Waals surface area contributed by atoms with Crippen molar-refractivity contribution >= 4 is 17.3 Å². The molecule has 0 saturated heterocycles. The molecule has 6 heteroatoms. The summed E-state index contributed by atoms with van der Waals surface area (Å²) in [6, 6.07) is 5.71. The normalized spacial score (nSPS) is 10.5. The van der Waals surface area contributed by atoms with Crippen LogP contribution in [-0.4, -0.2) is 15.7 Å². The van der Waals surface area contributed by atoms with E-state index in [9.17, 15) is 9.18 Å². The number of hydrogen-bond acceptors (Lipinski definition) is 3. The van der Waals surface area contributed by atoms with Crippen LogP contribution in [0.3, 0.4) is 0 Å². The number of rotatable bonds is 3. The number of hydrogen-bond donors (Lipinski definition) is 2. The maximum absolute atomic E-state index is 13.5. The summed E-state index contributed by atoms with van der Waals surface area (Å²) < 4.78 is 15.0. The zero-order chi connectivity index (χ0) is 14.0. The Morgan fingerprint density at radius 2 is 2.21 bits per heavy atom. The molecule has 2 rings (SSSR count). The van der Waals surface area contributed by atoms with Gasteiger partial charge in [-0.3, -0.25) is 9.48 Å². The number of aromatic nitrogens is 2. The maximum Gasteiger partial charge on any atom is 0.274 e. The molecule has 1 aromatic carbocycles. The van der Waals surface area contributed by atoms with Crippen molar-refractivity contribution in [2.75, 3.05) is 11.1 Å². The van der Waals surface area contributed by atoms with Gasteiger partial charge in [0.25, 0.3) is 5.91 Å². The Kier molecular flexibility index (Phi) is 3.50. The summed E-state index contributed by atoms with van der Waals surface area (Å²) >= 11 is 0. The minimum absolute atomic E-state index is 0.0595. The first-order chi connectivity index (χ1) is 9.01. The molecule has 0 saturated carbocycles. The average Bonchev–Trinajstić information content (AvgIpc) is 2.75. The molecule has 1 heterocycles. The van der Waals surface area contributed by atoms with E-state index in [0.717, 1.165) is 12.1 Å². The Hall–Kier alpha value is -2.37. The summed E-state index contributed by atoms with van der Waals surface area (Å²) in [5.74, 6) is -0.945. The monoisotopic (exact) mass is 262 g/mol. The summed E-state index contributed by atoms with van der Waals surface area (Å²) in [4.78, 5) is 12.0. The topological polar surface area (TPSA) is 72.9 Å². The van der Waals surface area contributed by atoms with Gasteiger partial charge in [0.2, 0.25) is 0 Å². The van der Waals surface area contributed by atoms with Gasteiger partial charge in [-0.1, -0.05) is 6.92 Å². The van der Waals surface area contributed by atoms with Gasteiger partial charge in [-0.25, -0.2) is 4.39 Å². The van der Waals surface area contributed by atoms with Crippen LogP contribution < -0.4 is 11.1 Å². The highest BCUT2D eigenvalue weighted by Gasteiger charge is 2.14. The van der Waals surface area contributed by atoms with Crippen LogP contribution in [0.5, 0.6) is 0 Å². The molecule has 0 radical (unpaired) electrons. The van der Waals surface area contributed by atoms with Crippen LogP contribution >= 0.6 is 0 Å². The van der Waals surface area contributed by atoms with Gasteiger partial charge in [0.05, 0.1) is 11.4 Å². The second-order valence-corrected chi connectivity index (χ2v) is 4.19. The molecule has 0 spiro atoms. The number of benzene rings is 1. The predicted molar refractivity (Wildman–Crippen MR) is 71.4 cm³/mol. The number of carbonyl (C=O) groups excluding carboxylic acids is 1. The highest BCUT2D eigenvalue weighted by molar-refractivity contribution is 6.03. The van der Waals surface area contributed by atoms with Gasteiger partial charge in [-0.15, -0.1) is 0 Å². The van der Waals surface area contributed by atoms with Crippen LogP contribution in [0.4, 0.5) is 15.8 Å². The van der Waals surface area contributed by atoms with E-state index >= 15 is 0 Å². The molecule has 2 aromatic rings. The molecule has 5 nitrogen and oxygen atoms in total. The maximum atomic E-state index is 13.5. The molecule has 19 heavy (non-hydrogen) atoms. The van der Waals surface area contributed by atoms with Crippen LogP contribution in [0.15, 0.2) is 24.3 Å². The summed E-state index contributed by atoms with van der Waals surface area (Å²) in [5, 5.41) is 6.66. The predicted octanol–water partition coefficient (Wildman–Crippen LogP) is 1.96. The van der Waals surface area contributed by atoms with Crippen molar-refractivity contribution in [1.82, 2.24) is 9.78 Å². The number of carbonyl (C=O) groups is 1. The van der Waals surface area contributed by atoms with Gasteiger partial charge in [0.15, 0.2) is 0 Å². The van der Waals surface area contributed by atoms with Gasteiger partial charge in [0.1, 0.15) is 11.5 Å². The second-order valence-electron chi connectivity index (χ2n) is 4.19. The molecule has 1 amide bonds. The van der Waals surface area contributed by atoms with Crippen molar-refractivity contribution in [3.63, 3.8) is 0 Å². The van der Waals surface area contributed by atoms with Crippen LogP contribution in [0, 0.1) is 5.82 Å². The molecule has 100 valence electrons. The Labute approximate surface area is 110 Å². The van der Waals surface area contributed by atoms with Gasteiger partial charge in [-0.2, -0.15) is 5.10 Å². The third-order valence-electron chi connectivity index (χ3n) is 2.76. The molecule has 0 aliphatic carbocycles. The molecule has 1 aromatic heterocycles. The zero-order valence-electron chi connectivity index (χ0n) is 10.8. The van der Waals surface area contributed by atoms with Gasteiger partial charge in [-0.05, 0) is 30.7 Å². The molecule has 0 fully saturated rings. The number of nitrogens with zero attached hydrogens (tertiary/aromatic N) is 2. The highest BCUT2D eigenvalue weighted by atomic mass is 19.1. The lowest BCUT2D eigenvalue weighted by atomic mass is 10.2. The van der Waals surface area contributed by atoms with E-state index in [4.69, 9.17) is 5.73 Å². The number of halogens is 1. The van der Waals surface area contributed by atoms with Crippen LogP contribution in [0.25, 0.3) is 0 Å². The minimum Gasteiger partial charge on any atom is -0.399 e. The number of aryl methyl sites for hydroxylation is 2. The van der Waals surface area contributed by atoms with E-state index in [1.54, 1.807) is 13.1 Å². The van der Waals surface area contributed by atoms with Gasteiger partial charge < -0.3 is 11.1 Å². The van der Waals surface area contributed by atoms with E-state index in [1.807, 2.05) is 6.92 Å². The Balaban J connectivity index is 2.25. The lowest BCUT2D eigenvalue weighted by molar-refractivity contribution is 0.101. The minimum atomic E-state index is -0.527. The van der Waals surface area contributed by atoms with Crippen LogP contribution in [0.2, 0.25) is 0 Å². The molecule has 0 aliphatic rings. The fourth-order valence-corrected chi connectivity index (χ4v) is 1.74. The number of nitrogen functional groups attached to an aromatic ring is 1. The third kappa shape index (κ3) is 2.73. The second kappa shape index (κ2) is 5.09. The van der Waals surface area contributed by atoms with Crippen molar-refractivity contribution in [3.8, 4) is 0 Å². The van der Waals surface area contributed by atoms with Gasteiger partial charge in [0, 0.05) is 12.7 Å². The van der Waals surface area contributed by atoms with E-state index in [2.05, 4.69) is 10.4 Å². The third-order valence-corrected chi connectivity index (χ3v) is 2.76. The van der Waals surface area contributed by atoms with Crippen LogP contribution in [0.1, 0.15) is 23.1 Å². The average molecular weight is 262 g/mol. The number of anilines is 2. The molecule has 0 aliphatic heterocycles. The summed E-state index contributed by atoms with van der Waals surface area (Å²) in [7, 11) is 1.67. The molecular weight excluding hydrogens is 247 g/mol. The zero-order valence-corrected chi connectivity index (χ0v) is 10.8. The summed E-state index contributed by atoms with van der Waals surface area (Å²) in [6.07, 6.45) is 0.730. The summed E-state index contributed by atoms with van der Waals surface area (Å²) in [6.45, 7) is 1.95. The quantitative estimate of drug-likeness (QED) is 0.830. The number of amides is 1. The fraction of sp³-hybridized carbons (Fsp3) is 0.231. The van der Waals surface area contributed by atoms with Gasteiger partial charge >= 0.3 is 0 Å². The first-order valence-electron chi connectivity index (χ1n) is 5.90. The van der Waals surface area contributed by atoms with Crippen molar-refractivity contribution in [1.29, 1.82) is 0 Å². The molecule has 0 unspecified atom stereocenters. The molecular formula is C13H15FN4O. The van der Waals surface area contributed by atoms with E-state index < -0.39 is 11.7 Å². The number of nitrogens with one attached hydrogen (secondary N) is 1. The largest absolute Gasteiger partial charge is 0.399 e. The van der Waals surface area contributed by atoms with E-state index in [0.29, 0.717) is 11.4 Å². The first kappa shape index (κ1) is 13.1. The lowest BCUT2D eigenvalue weighted by Crippen LogP contribution is -2.17. The van der Waals surface area contributed by atoms with Crippen molar-refractivity contribution in [2.45, 2.75) is 13.3 Å². The fourth-order valence-electron chi connectivity index (χ4n) is 1.74.